The van der Waals surface area contributed by atoms with Crippen LogP contribution >= 0.6 is 0 Å². The number of hydrogen-bond donors (Lipinski definition) is 1. The zero-order valence-corrected chi connectivity index (χ0v) is 25.9. The summed E-state index contributed by atoms with van der Waals surface area (Å²) in [6.45, 7) is 6.16. The number of aliphatic carboxylic acids is 1. The molecule has 0 spiro atoms. The smallest absolute Gasteiger partial charge is 0.336 e. The van der Waals surface area contributed by atoms with Gasteiger partial charge in [-0.15, -0.1) is 0 Å². The fourth-order valence-electron chi connectivity index (χ4n) is 6.82. The summed E-state index contributed by atoms with van der Waals surface area (Å²) in [6.07, 6.45) is 2.58. The number of allylic oxidation sites excluding steroid dienone is 2. The lowest BCUT2D eigenvalue weighted by atomic mass is 9.68. The van der Waals surface area contributed by atoms with Crippen LogP contribution in [0.15, 0.2) is 107 Å². The zero-order chi connectivity index (χ0) is 32.1. The van der Waals surface area contributed by atoms with Gasteiger partial charge in [-0.3, -0.25) is 10.1 Å². The maximum absolute atomic E-state index is 13.6. The first-order valence-electron chi connectivity index (χ1n) is 15.3. The van der Waals surface area contributed by atoms with Crippen molar-refractivity contribution in [2.24, 2.45) is 0 Å². The number of piperidine rings is 1. The Bertz CT molecular complexity index is 1580. The highest BCUT2D eigenvalue weighted by molar-refractivity contribution is 5.99. The monoisotopic (exact) mass is 609 g/mol. The Hall–Kier alpha value is -4.76. The molecule has 0 aromatic heterocycles. The molecule has 1 atom stereocenters. The van der Waals surface area contributed by atoms with Crippen LogP contribution in [0.25, 0.3) is 0 Å². The van der Waals surface area contributed by atoms with Gasteiger partial charge in [-0.1, -0.05) is 72.8 Å². The number of non-ortho nitro benzene ring substituents is 1. The number of likely N-dealkylation sites (tertiary alicyclic amines) is 1. The van der Waals surface area contributed by atoms with E-state index in [1.807, 2.05) is 12.1 Å². The van der Waals surface area contributed by atoms with Gasteiger partial charge >= 0.3 is 11.9 Å². The summed E-state index contributed by atoms with van der Waals surface area (Å²) in [6, 6.07) is 27.1. The Morgan fingerprint density at radius 2 is 1.49 bits per heavy atom. The van der Waals surface area contributed by atoms with Crippen LogP contribution in [0.5, 0.6) is 0 Å². The van der Waals surface area contributed by atoms with E-state index in [1.54, 1.807) is 31.9 Å². The van der Waals surface area contributed by atoms with Crippen molar-refractivity contribution in [1.29, 1.82) is 0 Å². The van der Waals surface area contributed by atoms with Crippen LogP contribution in [0, 0.1) is 10.1 Å². The molecule has 1 N–H and O–H groups in total. The number of carbonyl (C=O) groups is 2. The van der Waals surface area contributed by atoms with E-state index >= 15 is 0 Å². The number of ether oxygens (including phenoxy) is 1. The van der Waals surface area contributed by atoms with Gasteiger partial charge in [-0.25, -0.2) is 9.59 Å². The van der Waals surface area contributed by atoms with Gasteiger partial charge in [0.2, 0.25) is 0 Å². The first-order valence-corrected chi connectivity index (χ1v) is 15.3. The van der Waals surface area contributed by atoms with Gasteiger partial charge in [0.25, 0.3) is 5.69 Å². The Morgan fingerprint density at radius 1 is 0.911 bits per heavy atom. The average molecular weight is 610 g/mol. The molecule has 0 radical (unpaired) electrons. The first-order chi connectivity index (χ1) is 21.6. The topological polar surface area (TPSA) is 113 Å². The summed E-state index contributed by atoms with van der Waals surface area (Å²) >= 11 is 0. The SMILES string of the molecule is CC1=C(C(=O)O)C(c2cccc([N+](=O)[O-])c2)C(C(=O)OCCCN2CCC(c3ccccc3)(c3ccccc3)CC2)=C(C)N1C. The minimum Gasteiger partial charge on any atom is -0.478 e. The minimum atomic E-state index is -1.19. The van der Waals surface area contributed by atoms with Crippen LogP contribution in [-0.2, 0) is 19.7 Å². The largest absolute Gasteiger partial charge is 0.478 e. The third-order valence-corrected chi connectivity index (χ3v) is 9.44. The fourth-order valence-corrected chi connectivity index (χ4v) is 6.82. The van der Waals surface area contributed by atoms with Crippen molar-refractivity contribution < 1.29 is 24.4 Å². The predicted octanol–water partition coefficient (Wildman–Crippen LogP) is 6.27. The molecule has 9 nitrogen and oxygen atoms in total. The van der Waals surface area contributed by atoms with Crippen molar-refractivity contribution in [3.05, 3.63) is 134 Å². The van der Waals surface area contributed by atoms with Gasteiger partial charge in [0.1, 0.15) is 0 Å². The number of esters is 1. The van der Waals surface area contributed by atoms with E-state index < -0.39 is 22.8 Å². The van der Waals surface area contributed by atoms with E-state index in [1.165, 1.54) is 29.3 Å². The number of hydrogen-bond acceptors (Lipinski definition) is 7. The molecule has 2 heterocycles. The quantitative estimate of drug-likeness (QED) is 0.124. The standard InChI is InChI=1S/C36H39N3O6/c1-25-31(34(40)41)33(27-12-10-17-30(24-27)39(43)44)32(26(2)37(25)3)35(42)45-23-11-20-38-21-18-36(19-22-38,28-13-6-4-7-14-28)29-15-8-5-9-16-29/h4-10,12-17,24,33H,11,18-23H2,1-3H3,(H,40,41). The summed E-state index contributed by atoms with van der Waals surface area (Å²) in [5.74, 6) is -2.81. The number of nitrogens with zero attached hydrogens (tertiary/aromatic N) is 3. The summed E-state index contributed by atoms with van der Waals surface area (Å²) in [7, 11) is 1.70. The van der Waals surface area contributed by atoms with E-state index in [4.69, 9.17) is 4.74 Å². The molecule has 2 aliphatic heterocycles. The minimum absolute atomic E-state index is 0.0100. The number of carboxylic acids is 1. The second kappa shape index (κ2) is 13.5. The Labute approximate surface area is 263 Å². The van der Waals surface area contributed by atoms with Crippen molar-refractivity contribution in [1.82, 2.24) is 9.80 Å². The number of nitro benzene ring substituents is 1. The average Bonchev–Trinajstić information content (AvgIpc) is 3.06. The second-order valence-electron chi connectivity index (χ2n) is 11.8. The lowest BCUT2D eigenvalue weighted by molar-refractivity contribution is -0.384. The maximum atomic E-state index is 13.6. The lowest BCUT2D eigenvalue weighted by Crippen LogP contribution is -2.43. The Balaban J connectivity index is 1.26. The molecule has 9 heteroatoms. The summed E-state index contributed by atoms with van der Waals surface area (Å²) in [4.78, 5) is 41.1. The molecule has 3 aromatic rings. The molecule has 0 aliphatic carbocycles. The van der Waals surface area contributed by atoms with Gasteiger partial charge in [0.05, 0.1) is 28.6 Å². The molecule has 2 aliphatic rings. The van der Waals surface area contributed by atoms with Crippen molar-refractivity contribution in [3.63, 3.8) is 0 Å². The lowest BCUT2D eigenvalue weighted by Gasteiger charge is -2.43. The van der Waals surface area contributed by atoms with Gasteiger partial charge in [0, 0.05) is 42.5 Å². The van der Waals surface area contributed by atoms with Crippen molar-refractivity contribution in [3.8, 4) is 0 Å². The van der Waals surface area contributed by atoms with E-state index in [2.05, 4.69) is 53.4 Å². The fraction of sp³-hybridized carbons (Fsp3) is 0.333. The summed E-state index contributed by atoms with van der Waals surface area (Å²) in [5, 5.41) is 21.7. The van der Waals surface area contributed by atoms with Crippen LogP contribution < -0.4 is 0 Å². The number of benzene rings is 3. The van der Waals surface area contributed by atoms with Gasteiger partial charge in [-0.2, -0.15) is 0 Å². The number of nitro groups is 1. The number of carbonyl (C=O) groups excluding carboxylic acids is 1. The molecule has 1 saturated heterocycles. The summed E-state index contributed by atoms with van der Waals surface area (Å²) in [5.41, 5.74) is 3.96. The molecule has 0 amide bonds. The van der Waals surface area contributed by atoms with Crippen LogP contribution in [-0.4, -0.2) is 65.1 Å². The van der Waals surface area contributed by atoms with Crippen molar-refractivity contribution in [2.75, 3.05) is 33.3 Å². The van der Waals surface area contributed by atoms with E-state index in [0.717, 1.165) is 32.5 Å². The van der Waals surface area contributed by atoms with Gasteiger partial charge in [-0.05, 0) is 62.9 Å². The van der Waals surface area contributed by atoms with Crippen LogP contribution in [0.2, 0.25) is 0 Å². The van der Waals surface area contributed by atoms with E-state index in [-0.39, 0.29) is 28.9 Å². The maximum Gasteiger partial charge on any atom is 0.336 e. The van der Waals surface area contributed by atoms with E-state index in [9.17, 15) is 24.8 Å². The number of rotatable bonds is 10. The van der Waals surface area contributed by atoms with Crippen LogP contribution in [0.3, 0.4) is 0 Å². The van der Waals surface area contributed by atoms with Crippen LogP contribution in [0.1, 0.15) is 55.7 Å². The van der Waals surface area contributed by atoms with Crippen molar-refractivity contribution >= 4 is 17.6 Å². The molecule has 0 bridgehead atoms. The highest BCUT2D eigenvalue weighted by Gasteiger charge is 2.40. The number of carboxylic acid groups (broad SMARTS) is 1. The Morgan fingerprint density at radius 3 is 2.04 bits per heavy atom. The molecular weight excluding hydrogens is 570 g/mol. The predicted molar refractivity (Wildman–Crippen MR) is 172 cm³/mol. The van der Waals surface area contributed by atoms with Gasteiger partial charge in [0.15, 0.2) is 0 Å². The highest BCUT2D eigenvalue weighted by Crippen LogP contribution is 2.43. The molecule has 5 rings (SSSR count). The molecular formula is C36H39N3O6. The Kier molecular flexibility index (Phi) is 9.48. The molecule has 1 fully saturated rings. The normalized spacial score (nSPS) is 18.6. The first kappa shape index (κ1) is 31.7. The van der Waals surface area contributed by atoms with Crippen LogP contribution in [0.4, 0.5) is 5.69 Å². The third kappa shape index (κ3) is 6.40. The third-order valence-electron chi connectivity index (χ3n) is 9.44. The highest BCUT2D eigenvalue weighted by atomic mass is 16.6. The van der Waals surface area contributed by atoms with E-state index in [0.29, 0.717) is 23.4 Å². The zero-order valence-electron chi connectivity index (χ0n) is 25.9. The molecule has 3 aromatic carbocycles. The van der Waals surface area contributed by atoms with Gasteiger partial charge < -0.3 is 19.6 Å². The second-order valence-corrected chi connectivity index (χ2v) is 11.8. The molecule has 1 unspecified atom stereocenters. The molecule has 45 heavy (non-hydrogen) atoms. The summed E-state index contributed by atoms with van der Waals surface area (Å²) < 4.78 is 5.76. The van der Waals surface area contributed by atoms with Crippen molar-refractivity contribution in [2.45, 2.75) is 44.4 Å². The molecule has 0 saturated carbocycles. The molecule has 234 valence electrons.